The van der Waals surface area contributed by atoms with Gasteiger partial charge in [-0.2, -0.15) is 0 Å². The number of aryl methyl sites for hydroxylation is 1. The van der Waals surface area contributed by atoms with Crippen LogP contribution in [0.4, 0.5) is 0 Å². The first kappa shape index (κ1) is 19.9. The molecular weight excluding hydrogens is 380 g/mol. The fraction of sp³-hybridized carbons (Fsp3) is 0.348. The van der Waals surface area contributed by atoms with Gasteiger partial charge in [-0.15, -0.1) is 10.2 Å². The summed E-state index contributed by atoms with van der Waals surface area (Å²) in [5.41, 5.74) is 2.31. The van der Waals surface area contributed by atoms with Crippen molar-refractivity contribution in [1.29, 1.82) is 0 Å². The minimum absolute atomic E-state index is 0.175. The summed E-state index contributed by atoms with van der Waals surface area (Å²) in [6.07, 6.45) is 4.39. The normalized spacial score (nSPS) is 13.3. The average molecular weight is 406 g/mol. The quantitative estimate of drug-likeness (QED) is 0.676. The molecule has 0 aliphatic carbocycles. The van der Waals surface area contributed by atoms with Crippen LogP contribution in [0, 0.1) is 0 Å². The molecule has 2 aromatic carbocycles. The zero-order valence-corrected chi connectivity index (χ0v) is 17.4. The highest BCUT2D eigenvalue weighted by atomic mass is 16.5. The molecule has 2 heterocycles. The minimum atomic E-state index is -0.175. The van der Waals surface area contributed by atoms with E-state index < -0.39 is 0 Å². The van der Waals surface area contributed by atoms with Gasteiger partial charge in [0.25, 0.3) is 5.91 Å². The molecule has 0 fully saturated rings. The van der Waals surface area contributed by atoms with Crippen molar-refractivity contribution in [3.63, 3.8) is 0 Å². The molecule has 1 N–H and O–H groups in total. The summed E-state index contributed by atoms with van der Waals surface area (Å²) < 4.78 is 12.7. The Labute approximate surface area is 176 Å². The van der Waals surface area contributed by atoms with Crippen LogP contribution >= 0.6 is 0 Å². The number of carbonyl (C=O) groups excluding carboxylic acids is 1. The summed E-state index contributed by atoms with van der Waals surface area (Å²) in [7, 11) is 3.22. The topological polar surface area (TPSA) is 78.3 Å². The fourth-order valence-electron chi connectivity index (χ4n) is 3.79. The Hall–Kier alpha value is -3.35. The maximum Gasteiger partial charge on any atom is 0.252 e. The van der Waals surface area contributed by atoms with Gasteiger partial charge in [0.05, 0.1) is 26.3 Å². The third-order valence-corrected chi connectivity index (χ3v) is 5.47. The predicted octanol–water partition coefficient (Wildman–Crippen LogP) is 3.62. The number of hydrogen-bond acceptors (Lipinski definition) is 5. The SMILES string of the molecule is COc1ccc(-c2ccc(OC)cc2C(=O)NCc2nnc3n2CCCCC3)cc1. The molecule has 0 atom stereocenters. The number of nitrogens with zero attached hydrogens (tertiary/aromatic N) is 3. The Bertz CT molecular complexity index is 1030. The summed E-state index contributed by atoms with van der Waals surface area (Å²) in [4.78, 5) is 13.1. The van der Waals surface area contributed by atoms with Crippen molar-refractivity contribution in [2.45, 2.75) is 38.8 Å². The molecule has 1 aliphatic rings. The van der Waals surface area contributed by atoms with Crippen molar-refractivity contribution in [3.05, 3.63) is 59.7 Å². The molecule has 4 rings (SSSR count). The van der Waals surface area contributed by atoms with Crippen LogP contribution in [0.2, 0.25) is 0 Å². The first-order valence-corrected chi connectivity index (χ1v) is 10.2. The number of amides is 1. The summed E-state index contributed by atoms with van der Waals surface area (Å²) in [6.45, 7) is 1.24. The van der Waals surface area contributed by atoms with E-state index in [1.165, 1.54) is 6.42 Å². The monoisotopic (exact) mass is 406 g/mol. The smallest absolute Gasteiger partial charge is 0.252 e. The van der Waals surface area contributed by atoms with Gasteiger partial charge in [-0.25, -0.2) is 0 Å². The Balaban J connectivity index is 1.57. The van der Waals surface area contributed by atoms with Gasteiger partial charge in [0.15, 0.2) is 5.82 Å². The Morgan fingerprint density at radius 2 is 1.77 bits per heavy atom. The molecule has 0 unspecified atom stereocenters. The number of nitrogens with one attached hydrogen (secondary N) is 1. The van der Waals surface area contributed by atoms with Gasteiger partial charge in [-0.3, -0.25) is 4.79 Å². The lowest BCUT2D eigenvalue weighted by Crippen LogP contribution is -2.25. The number of fused-ring (bicyclic) bond motifs is 1. The molecule has 7 nitrogen and oxygen atoms in total. The van der Waals surface area contributed by atoms with E-state index in [1.807, 2.05) is 36.4 Å². The van der Waals surface area contributed by atoms with Gasteiger partial charge in [0.1, 0.15) is 17.3 Å². The zero-order valence-electron chi connectivity index (χ0n) is 17.4. The second-order valence-electron chi connectivity index (χ2n) is 7.32. The lowest BCUT2D eigenvalue weighted by Gasteiger charge is -2.13. The molecule has 1 amide bonds. The number of hydrogen-bond donors (Lipinski definition) is 1. The van der Waals surface area contributed by atoms with Gasteiger partial charge < -0.3 is 19.4 Å². The van der Waals surface area contributed by atoms with Crippen LogP contribution in [0.25, 0.3) is 11.1 Å². The van der Waals surface area contributed by atoms with Crippen LogP contribution in [0.5, 0.6) is 11.5 Å². The molecular formula is C23H26N4O3. The minimum Gasteiger partial charge on any atom is -0.497 e. The van der Waals surface area contributed by atoms with Gasteiger partial charge in [0, 0.05) is 13.0 Å². The molecule has 1 aromatic heterocycles. The van der Waals surface area contributed by atoms with Crippen LogP contribution in [-0.4, -0.2) is 34.9 Å². The number of methoxy groups -OCH3 is 2. The van der Waals surface area contributed by atoms with E-state index in [-0.39, 0.29) is 5.91 Å². The standard InChI is InChI=1S/C23H26N4O3/c1-29-17-9-7-16(8-10-17)19-12-11-18(30-2)14-20(19)23(28)24-15-22-26-25-21-6-4-3-5-13-27(21)22/h7-12,14H,3-6,13,15H2,1-2H3,(H,24,28). The highest BCUT2D eigenvalue weighted by Crippen LogP contribution is 2.29. The first-order chi connectivity index (χ1) is 14.7. The van der Waals surface area contributed by atoms with Crippen molar-refractivity contribution in [2.75, 3.05) is 14.2 Å². The number of ether oxygens (including phenoxy) is 2. The molecule has 0 bridgehead atoms. The molecule has 30 heavy (non-hydrogen) atoms. The summed E-state index contributed by atoms with van der Waals surface area (Å²) >= 11 is 0. The summed E-state index contributed by atoms with van der Waals surface area (Å²) in [5.74, 6) is 3.04. The van der Waals surface area contributed by atoms with Crippen molar-refractivity contribution in [3.8, 4) is 22.6 Å². The zero-order chi connectivity index (χ0) is 20.9. The van der Waals surface area contributed by atoms with Gasteiger partial charge in [0.2, 0.25) is 0 Å². The van der Waals surface area contributed by atoms with Crippen molar-refractivity contribution in [1.82, 2.24) is 20.1 Å². The number of rotatable bonds is 6. The highest BCUT2D eigenvalue weighted by molar-refractivity contribution is 6.01. The average Bonchev–Trinajstić information content (AvgIpc) is 3.02. The molecule has 3 aromatic rings. The molecule has 0 saturated heterocycles. The fourth-order valence-corrected chi connectivity index (χ4v) is 3.79. The summed E-state index contributed by atoms with van der Waals surface area (Å²) in [6, 6.07) is 13.2. The predicted molar refractivity (Wildman–Crippen MR) is 114 cm³/mol. The number of carbonyl (C=O) groups is 1. The van der Waals surface area contributed by atoms with E-state index in [1.54, 1.807) is 20.3 Å². The van der Waals surface area contributed by atoms with Gasteiger partial charge >= 0.3 is 0 Å². The van der Waals surface area contributed by atoms with Crippen LogP contribution < -0.4 is 14.8 Å². The summed E-state index contributed by atoms with van der Waals surface area (Å²) in [5, 5.41) is 11.6. The molecule has 0 saturated carbocycles. The second kappa shape index (κ2) is 8.98. The van der Waals surface area contributed by atoms with E-state index >= 15 is 0 Å². The lowest BCUT2D eigenvalue weighted by atomic mass is 9.98. The first-order valence-electron chi connectivity index (χ1n) is 10.2. The molecule has 156 valence electrons. The molecule has 0 spiro atoms. The molecule has 0 radical (unpaired) electrons. The second-order valence-corrected chi connectivity index (χ2v) is 7.32. The Morgan fingerprint density at radius 3 is 2.53 bits per heavy atom. The number of benzene rings is 2. The maximum absolute atomic E-state index is 13.1. The van der Waals surface area contributed by atoms with Crippen molar-refractivity contribution < 1.29 is 14.3 Å². The van der Waals surface area contributed by atoms with E-state index in [0.29, 0.717) is 17.9 Å². The van der Waals surface area contributed by atoms with E-state index in [4.69, 9.17) is 9.47 Å². The molecule has 1 aliphatic heterocycles. The van der Waals surface area contributed by atoms with E-state index in [0.717, 1.165) is 54.3 Å². The highest BCUT2D eigenvalue weighted by Gasteiger charge is 2.18. The van der Waals surface area contributed by atoms with Crippen molar-refractivity contribution >= 4 is 5.91 Å². The van der Waals surface area contributed by atoms with Crippen LogP contribution in [0.3, 0.4) is 0 Å². The van der Waals surface area contributed by atoms with Crippen molar-refractivity contribution in [2.24, 2.45) is 0 Å². The Morgan fingerprint density at radius 1 is 1.00 bits per heavy atom. The van der Waals surface area contributed by atoms with Gasteiger partial charge in [-0.05, 0) is 54.3 Å². The van der Waals surface area contributed by atoms with Crippen LogP contribution in [0.15, 0.2) is 42.5 Å². The van der Waals surface area contributed by atoms with Crippen LogP contribution in [0.1, 0.15) is 41.3 Å². The number of aromatic nitrogens is 3. The van der Waals surface area contributed by atoms with E-state index in [9.17, 15) is 4.79 Å². The molecule has 7 heteroatoms. The maximum atomic E-state index is 13.1. The lowest BCUT2D eigenvalue weighted by molar-refractivity contribution is 0.0949. The van der Waals surface area contributed by atoms with E-state index in [2.05, 4.69) is 20.1 Å². The van der Waals surface area contributed by atoms with Crippen LogP contribution in [-0.2, 0) is 19.5 Å². The third-order valence-electron chi connectivity index (χ3n) is 5.47. The van der Waals surface area contributed by atoms with Gasteiger partial charge in [-0.1, -0.05) is 18.6 Å². The third kappa shape index (κ3) is 4.15. The largest absolute Gasteiger partial charge is 0.497 e. The Kier molecular flexibility index (Phi) is 5.97.